The normalized spacial score (nSPS) is 14.5. The van der Waals surface area contributed by atoms with Crippen molar-refractivity contribution in [2.45, 2.75) is 6.42 Å². The van der Waals surface area contributed by atoms with Crippen LogP contribution < -0.4 is 10.6 Å². The maximum atomic E-state index is 11.9. The molecule has 1 heterocycles. The van der Waals surface area contributed by atoms with Gasteiger partial charge in [-0.05, 0) is 23.8 Å². The van der Waals surface area contributed by atoms with E-state index in [1.807, 2.05) is 24.3 Å². The highest BCUT2D eigenvalue weighted by atomic mass is 16.4. The zero-order chi connectivity index (χ0) is 15.5. The maximum absolute atomic E-state index is 11.9. The SMILES string of the molecule is O=C(O)Cc1ccc(NC=C2C(=O)Nc3ccccc32)cc1. The molecule has 0 fully saturated rings. The second-order valence-electron chi connectivity index (χ2n) is 4.97. The summed E-state index contributed by atoms with van der Waals surface area (Å²) < 4.78 is 0. The van der Waals surface area contributed by atoms with Crippen LogP contribution >= 0.6 is 0 Å². The van der Waals surface area contributed by atoms with Gasteiger partial charge in [-0.15, -0.1) is 0 Å². The van der Waals surface area contributed by atoms with Gasteiger partial charge in [0.2, 0.25) is 0 Å². The quantitative estimate of drug-likeness (QED) is 0.758. The van der Waals surface area contributed by atoms with E-state index in [0.717, 1.165) is 22.5 Å². The summed E-state index contributed by atoms with van der Waals surface area (Å²) in [5.74, 6) is -1.00. The van der Waals surface area contributed by atoms with E-state index in [-0.39, 0.29) is 12.3 Å². The minimum atomic E-state index is -0.859. The van der Waals surface area contributed by atoms with Crippen molar-refractivity contribution in [3.05, 3.63) is 65.9 Å². The Morgan fingerprint density at radius 2 is 1.86 bits per heavy atom. The number of fused-ring (bicyclic) bond motifs is 1. The molecule has 2 aromatic rings. The van der Waals surface area contributed by atoms with Crippen molar-refractivity contribution in [2.24, 2.45) is 0 Å². The average Bonchev–Trinajstić information content (AvgIpc) is 2.81. The average molecular weight is 294 g/mol. The number of benzene rings is 2. The van der Waals surface area contributed by atoms with Crippen LogP contribution in [0, 0.1) is 0 Å². The first-order valence-electron chi connectivity index (χ1n) is 6.82. The smallest absolute Gasteiger partial charge is 0.307 e. The van der Waals surface area contributed by atoms with Gasteiger partial charge in [0.15, 0.2) is 0 Å². The van der Waals surface area contributed by atoms with Crippen molar-refractivity contribution >= 4 is 28.8 Å². The summed E-state index contributed by atoms with van der Waals surface area (Å²) >= 11 is 0. The van der Waals surface area contributed by atoms with Crippen LogP contribution in [-0.4, -0.2) is 17.0 Å². The van der Waals surface area contributed by atoms with E-state index in [2.05, 4.69) is 10.6 Å². The first-order valence-corrected chi connectivity index (χ1v) is 6.82. The fraction of sp³-hybridized carbons (Fsp3) is 0.0588. The molecule has 110 valence electrons. The van der Waals surface area contributed by atoms with E-state index in [4.69, 9.17) is 5.11 Å². The lowest BCUT2D eigenvalue weighted by atomic mass is 10.1. The summed E-state index contributed by atoms with van der Waals surface area (Å²) in [5.41, 5.74) is 3.76. The Morgan fingerprint density at radius 1 is 1.14 bits per heavy atom. The number of nitrogens with one attached hydrogen (secondary N) is 2. The molecule has 3 N–H and O–H groups in total. The largest absolute Gasteiger partial charge is 0.481 e. The van der Waals surface area contributed by atoms with Crippen molar-refractivity contribution in [1.29, 1.82) is 0 Å². The van der Waals surface area contributed by atoms with E-state index >= 15 is 0 Å². The molecule has 1 aliphatic heterocycles. The third-order valence-electron chi connectivity index (χ3n) is 3.40. The number of carbonyl (C=O) groups is 2. The molecule has 3 rings (SSSR count). The van der Waals surface area contributed by atoms with Crippen LogP contribution in [-0.2, 0) is 16.0 Å². The summed E-state index contributed by atoms with van der Waals surface area (Å²) in [7, 11) is 0. The summed E-state index contributed by atoms with van der Waals surface area (Å²) in [6.07, 6.45) is 1.66. The predicted octanol–water partition coefficient (Wildman–Crippen LogP) is 2.72. The summed E-state index contributed by atoms with van der Waals surface area (Å²) in [6, 6.07) is 14.6. The van der Waals surface area contributed by atoms with E-state index in [9.17, 15) is 9.59 Å². The zero-order valence-corrected chi connectivity index (χ0v) is 11.7. The standard InChI is InChI=1S/C17H14N2O3/c20-16(21)9-11-5-7-12(8-6-11)18-10-14-13-3-1-2-4-15(13)19-17(14)22/h1-8,10,18H,9H2,(H,19,22)(H,20,21). The Morgan fingerprint density at radius 3 is 2.59 bits per heavy atom. The van der Waals surface area contributed by atoms with E-state index in [1.54, 1.807) is 30.5 Å². The zero-order valence-electron chi connectivity index (χ0n) is 11.7. The number of aliphatic carboxylic acids is 1. The molecule has 0 aromatic heterocycles. The van der Waals surface area contributed by atoms with Crippen LogP contribution in [0.5, 0.6) is 0 Å². The van der Waals surface area contributed by atoms with Gasteiger partial charge in [-0.2, -0.15) is 0 Å². The molecule has 0 unspecified atom stereocenters. The molecule has 0 radical (unpaired) electrons. The fourth-order valence-corrected chi connectivity index (χ4v) is 2.33. The lowest BCUT2D eigenvalue weighted by Crippen LogP contribution is -2.05. The highest BCUT2D eigenvalue weighted by Crippen LogP contribution is 2.31. The van der Waals surface area contributed by atoms with Crippen molar-refractivity contribution < 1.29 is 14.7 Å². The number of carboxylic acids is 1. The minimum Gasteiger partial charge on any atom is -0.481 e. The number of hydrogen-bond acceptors (Lipinski definition) is 3. The second kappa shape index (κ2) is 5.73. The van der Waals surface area contributed by atoms with E-state index < -0.39 is 5.97 Å². The van der Waals surface area contributed by atoms with Gasteiger partial charge in [0, 0.05) is 23.1 Å². The molecular formula is C17H14N2O3. The van der Waals surface area contributed by atoms with E-state index in [0.29, 0.717) is 5.57 Å². The van der Waals surface area contributed by atoms with Crippen LogP contribution in [0.3, 0.4) is 0 Å². The molecule has 1 aliphatic rings. The van der Waals surface area contributed by atoms with Gasteiger partial charge in [-0.3, -0.25) is 9.59 Å². The third-order valence-corrected chi connectivity index (χ3v) is 3.40. The number of anilines is 2. The van der Waals surface area contributed by atoms with Crippen molar-refractivity contribution in [3.63, 3.8) is 0 Å². The van der Waals surface area contributed by atoms with Gasteiger partial charge < -0.3 is 15.7 Å². The predicted molar refractivity (Wildman–Crippen MR) is 84.5 cm³/mol. The maximum Gasteiger partial charge on any atom is 0.307 e. The minimum absolute atomic E-state index is 0.00283. The molecule has 0 spiro atoms. The van der Waals surface area contributed by atoms with Gasteiger partial charge >= 0.3 is 5.97 Å². The van der Waals surface area contributed by atoms with Crippen molar-refractivity contribution in [2.75, 3.05) is 10.6 Å². The lowest BCUT2D eigenvalue weighted by Gasteiger charge is -2.04. The number of para-hydroxylation sites is 1. The van der Waals surface area contributed by atoms with Crippen molar-refractivity contribution in [1.82, 2.24) is 0 Å². The van der Waals surface area contributed by atoms with Gasteiger partial charge in [0.25, 0.3) is 5.91 Å². The molecule has 0 aliphatic carbocycles. The Balaban J connectivity index is 1.77. The Bertz CT molecular complexity index is 764. The molecule has 22 heavy (non-hydrogen) atoms. The first kappa shape index (κ1) is 13.9. The Hall–Kier alpha value is -3.08. The number of rotatable bonds is 4. The molecule has 5 heteroatoms. The first-order chi connectivity index (χ1) is 10.6. The van der Waals surface area contributed by atoms with Crippen LogP contribution in [0.4, 0.5) is 11.4 Å². The number of amides is 1. The van der Waals surface area contributed by atoms with Crippen molar-refractivity contribution in [3.8, 4) is 0 Å². The molecule has 0 bridgehead atoms. The highest BCUT2D eigenvalue weighted by molar-refractivity contribution is 6.31. The highest BCUT2D eigenvalue weighted by Gasteiger charge is 2.23. The molecule has 0 saturated carbocycles. The number of carbonyl (C=O) groups excluding carboxylic acids is 1. The van der Waals surface area contributed by atoms with Crippen LogP contribution in [0.15, 0.2) is 54.7 Å². The topological polar surface area (TPSA) is 78.4 Å². The lowest BCUT2D eigenvalue weighted by molar-refractivity contribution is -0.136. The fourth-order valence-electron chi connectivity index (χ4n) is 2.33. The van der Waals surface area contributed by atoms with E-state index in [1.165, 1.54) is 0 Å². The summed E-state index contributed by atoms with van der Waals surface area (Å²) in [6.45, 7) is 0. The van der Waals surface area contributed by atoms with Crippen LogP contribution in [0.25, 0.3) is 5.57 Å². The molecule has 1 amide bonds. The molecule has 5 nitrogen and oxygen atoms in total. The summed E-state index contributed by atoms with van der Waals surface area (Å²) in [4.78, 5) is 22.6. The molecule has 0 saturated heterocycles. The Labute approximate surface area is 127 Å². The van der Waals surface area contributed by atoms with Crippen LogP contribution in [0.2, 0.25) is 0 Å². The number of carboxylic acid groups (broad SMARTS) is 1. The van der Waals surface area contributed by atoms with Gasteiger partial charge in [-0.25, -0.2) is 0 Å². The van der Waals surface area contributed by atoms with Gasteiger partial charge in [0.1, 0.15) is 0 Å². The summed E-state index contributed by atoms with van der Waals surface area (Å²) in [5, 5.41) is 14.6. The molecule has 2 aromatic carbocycles. The Kier molecular flexibility index (Phi) is 3.62. The van der Waals surface area contributed by atoms with Gasteiger partial charge in [0.05, 0.1) is 12.0 Å². The monoisotopic (exact) mass is 294 g/mol. The molecular weight excluding hydrogens is 280 g/mol. The third kappa shape index (κ3) is 2.83. The number of hydrogen-bond donors (Lipinski definition) is 3. The van der Waals surface area contributed by atoms with Crippen LogP contribution in [0.1, 0.15) is 11.1 Å². The second-order valence-corrected chi connectivity index (χ2v) is 4.97. The van der Waals surface area contributed by atoms with Gasteiger partial charge in [-0.1, -0.05) is 30.3 Å². The molecule has 0 atom stereocenters.